The van der Waals surface area contributed by atoms with Crippen molar-refractivity contribution in [1.82, 2.24) is 10.6 Å². The highest BCUT2D eigenvalue weighted by Gasteiger charge is 2.05. The standard InChI is InChI=1S/2C10H15NO.C2H2O4/c2*1-11-8-7-10(12)9-5-3-2-4-6-9;3-1(4)2(5)6/h2*2-6,10-12H,7-8H2,1H3;(H,3,4)(H,5,6)/t2*10-;/m11./s1. The van der Waals surface area contributed by atoms with Gasteiger partial charge in [-0.2, -0.15) is 0 Å². The summed E-state index contributed by atoms with van der Waals surface area (Å²) in [5, 5.41) is 40.0. The number of carboxylic acids is 2. The molecule has 0 aliphatic carbocycles. The van der Waals surface area contributed by atoms with Crippen LogP contribution >= 0.6 is 0 Å². The summed E-state index contributed by atoms with van der Waals surface area (Å²) >= 11 is 0. The average Bonchev–Trinajstić information content (AvgIpc) is 2.77. The number of carbonyl (C=O) groups is 2. The van der Waals surface area contributed by atoms with Crippen LogP contribution in [-0.2, 0) is 9.59 Å². The zero-order valence-electron chi connectivity index (χ0n) is 17.4. The second kappa shape index (κ2) is 17.1. The highest BCUT2D eigenvalue weighted by atomic mass is 16.4. The number of hydrogen-bond donors (Lipinski definition) is 6. The number of rotatable bonds is 8. The third-order valence-electron chi connectivity index (χ3n) is 3.89. The molecule has 0 saturated heterocycles. The largest absolute Gasteiger partial charge is 0.473 e. The molecule has 0 fully saturated rings. The van der Waals surface area contributed by atoms with Gasteiger partial charge in [0.2, 0.25) is 0 Å². The molecule has 8 heteroatoms. The fourth-order valence-electron chi connectivity index (χ4n) is 2.25. The van der Waals surface area contributed by atoms with Crippen molar-refractivity contribution < 1.29 is 30.0 Å². The molecule has 8 nitrogen and oxygen atoms in total. The van der Waals surface area contributed by atoms with Gasteiger partial charge in [0.15, 0.2) is 0 Å². The van der Waals surface area contributed by atoms with E-state index in [4.69, 9.17) is 19.8 Å². The normalized spacial score (nSPS) is 11.7. The lowest BCUT2D eigenvalue weighted by molar-refractivity contribution is -0.159. The Balaban J connectivity index is 0.000000447. The van der Waals surface area contributed by atoms with Gasteiger partial charge in [-0.25, -0.2) is 9.59 Å². The first-order chi connectivity index (χ1) is 14.3. The number of carboxylic acid groups (broad SMARTS) is 2. The number of aliphatic carboxylic acids is 2. The summed E-state index contributed by atoms with van der Waals surface area (Å²) in [4.78, 5) is 18.2. The van der Waals surface area contributed by atoms with Crippen LogP contribution < -0.4 is 10.6 Å². The molecule has 0 aromatic heterocycles. The van der Waals surface area contributed by atoms with E-state index >= 15 is 0 Å². The summed E-state index contributed by atoms with van der Waals surface area (Å²) in [5.41, 5.74) is 1.99. The summed E-state index contributed by atoms with van der Waals surface area (Å²) in [7, 11) is 3.77. The summed E-state index contributed by atoms with van der Waals surface area (Å²) in [6, 6.07) is 19.5. The molecule has 30 heavy (non-hydrogen) atoms. The Bertz CT molecular complexity index is 636. The summed E-state index contributed by atoms with van der Waals surface area (Å²) < 4.78 is 0. The van der Waals surface area contributed by atoms with E-state index in [1.54, 1.807) is 0 Å². The molecule has 2 aromatic rings. The molecule has 0 amide bonds. The SMILES string of the molecule is CNCC[C@@H](O)c1ccccc1.CNCC[C@@H](O)c1ccccc1.O=C(O)C(=O)O. The first kappa shape index (κ1) is 27.2. The summed E-state index contributed by atoms with van der Waals surface area (Å²) in [5.74, 6) is -3.65. The number of hydrogen-bond acceptors (Lipinski definition) is 6. The van der Waals surface area contributed by atoms with E-state index in [9.17, 15) is 10.2 Å². The zero-order chi connectivity index (χ0) is 22.8. The first-order valence-corrected chi connectivity index (χ1v) is 9.54. The molecule has 0 radical (unpaired) electrons. The molecule has 0 aliphatic heterocycles. The minimum absolute atomic E-state index is 0.335. The number of nitrogens with one attached hydrogen (secondary N) is 2. The first-order valence-electron chi connectivity index (χ1n) is 9.54. The molecule has 6 N–H and O–H groups in total. The van der Waals surface area contributed by atoms with Gasteiger partial charge in [-0.3, -0.25) is 0 Å². The van der Waals surface area contributed by atoms with Gasteiger partial charge >= 0.3 is 11.9 Å². The van der Waals surface area contributed by atoms with E-state index in [-0.39, 0.29) is 12.2 Å². The zero-order valence-corrected chi connectivity index (χ0v) is 17.4. The number of aliphatic hydroxyl groups is 2. The molecule has 0 aliphatic rings. The van der Waals surface area contributed by atoms with Crippen molar-refractivity contribution in [3.8, 4) is 0 Å². The second-order valence-electron chi connectivity index (χ2n) is 6.25. The van der Waals surface area contributed by atoms with Crippen molar-refractivity contribution in [2.24, 2.45) is 0 Å². The van der Waals surface area contributed by atoms with Crippen LogP contribution in [0.4, 0.5) is 0 Å². The number of aliphatic hydroxyl groups excluding tert-OH is 2. The fourth-order valence-corrected chi connectivity index (χ4v) is 2.25. The monoisotopic (exact) mass is 420 g/mol. The Kier molecular flexibility index (Phi) is 15.5. The smallest absolute Gasteiger partial charge is 0.414 e. The maximum atomic E-state index is 9.61. The highest BCUT2D eigenvalue weighted by Crippen LogP contribution is 2.15. The Morgan fingerprint density at radius 3 is 1.23 bits per heavy atom. The Labute approximate surface area is 177 Å². The van der Waals surface area contributed by atoms with Crippen LogP contribution in [-0.4, -0.2) is 59.5 Å². The predicted octanol–water partition coefficient (Wildman–Crippen LogP) is 1.81. The van der Waals surface area contributed by atoms with Crippen LogP contribution in [0, 0.1) is 0 Å². The molecule has 166 valence electrons. The van der Waals surface area contributed by atoms with E-state index in [0.717, 1.165) is 37.1 Å². The lowest BCUT2D eigenvalue weighted by Gasteiger charge is -2.09. The predicted molar refractivity (Wildman–Crippen MR) is 115 cm³/mol. The van der Waals surface area contributed by atoms with Crippen molar-refractivity contribution in [3.63, 3.8) is 0 Å². The van der Waals surface area contributed by atoms with Gasteiger partial charge < -0.3 is 31.1 Å². The lowest BCUT2D eigenvalue weighted by atomic mass is 10.1. The summed E-state index contributed by atoms with van der Waals surface area (Å²) in [6.45, 7) is 1.69. The maximum Gasteiger partial charge on any atom is 0.414 e. The van der Waals surface area contributed by atoms with Crippen molar-refractivity contribution in [3.05, 3.63) is 71.8 Å². The quantitative estimate of drug-likeness (QED) is 0.356. The van der Waals surface area contributed by atoms with E-state index in [0.29, 0.717) is 0 Å². The van der Waals surface area contributed by atoms with Gasteiger partial charge in [0.25, 0.3) is 0 Å². The Morgan fingerprint density at radius 2 is 1.00 bits per heavy atom. The van der Waals surface area contributed by atoms with Crippen molar-refractivity contribution >= 4 is 11.9 Å². The molecule has 2 aromatic carbocycles. The van der Waals surface area contributed by atoms with Gasteiger partial charge in [-0.15, -0.1) is 0 Å². The van der Waals surface area contributed by atoms with Crippen molar-refractivity contribution in [2.75, 3.05) is 27.2 Å². The highest BCUT2D eigenvalue weighted by molar-refractivity contribution is 6.27. The Morgan fingerprint density at radius 1 is 0.700 bits per heavy atom. The minimum Gasteiger partial charge on any atom is -0.473 e. The van der Waals surface area contributed by atoms with Crippen LogP contribution in [0.3, 0.4) is 0 Å². The van der Waals surface area contributed by atoms with Gasteiger partial charge in [0.1, 0.15) is 0 Å². The van der Waals surface area contributed by atoms with Gasteiger partial charge in [-0.05, 0) is 51.2 Å². The summed E-state index contributed by atoms with van der Waals surface area (Å²) in [6.07, 6.45) is 0.860. The molecular weight excluding hydrogens is 388 g/mol. The Hall–Kier alpha value is -2.78. The lowest BCUT2D eigenvalue weighted by Crippen LogP contribution is -2.11. The van der Waals surface area contributed by atoms with Crippen LogP contribution in [0.15, 0.2) is 60.7 Å². The average molecular weight is 421 g/mol. The minimum atomic E-state index is -1.82. The second-order valence-corrected chi connectivity index (χ2v) is 6.25. The molecule has 0 saturated carbocycles. The third kappa shape index (κ3) is 13.4. The van der Waals surface area contributed by atoms with Gasteiger partial charge in [0.05, 0.1) is 12.2 Å². The molecular formula is C22H32N2O6. The maximum absolute atomic E-state index is 9.61. The van der Waals surface area contributed by atoms with Crippen molar-refractivity contribution in [1.29, 1.82) is 0 Å². The molecule has 2 atom stereocenters. The molecule has 0 spiro atoms. The van der Waals surface area contributed by atoms with Crippen molar-refractivity contribution in [2.45, 2.75) is 25.0 Å². The molecule has 0 unspecified atom stereocenters. The van der Waals surface area contributed by atoms with E-state index < -0.39 is 11.9 Å². The van der Waals surface area contributed by atoms with Gasteiger partial charge in [-0.1, -0.05) is 60.7 Å². The molecule has 2 rings (SSSR count). The van der Waals surface area contributed by atoms with E-state index in [1.165, 1.54) is 0 Å². The van der Waals surface area contributed by atoms with E-state index in [2.05, 4.69) is 10.6 Å². The number of benzene rings is 2. The molecule has 0 heterocycles. The van der Waals surface area contributed by atoms with E-state index in [1.807, 2.05) is 74.8 Å². The van der Waals surface area contributed by atoms with Crippen LogP contribution in [0.5, 0.6) is 0 Å². The molecule has 0 bridgehead atoms. The topological polar surface area (TPSA) is 139 Å². The fraction of sp³-hybridized carbons (Fsp3) is 0.364. The van der Waals surface area contributed by atoms with Crippen LogP contribution in [0.2, 0.25) is 0 Å². The van der Waals surface area contributed by atoms with Crippen LogP contribution in [0.1, 0.15) is 36.2 Å². The van der Waals surface area contributed by atoms with Crippen LogP contribution in [0.25, 0.3) is 0 Å². The van der Waals surface area contributed by atoms with Gasteiger partial charge in [0, 0.05) is 0 Å². The third-order valence-corrected chi connectivity index (χ3v) is 3.89.